The Labute approximate surface area is 184 Å². The molecule has 1 aliphatic heterocycles. The molecule has 164 valence electrons. The third kappa shape index (κ3) is 3.51. The quantitative estimate of drug-likeness (QED) is 0.555. The van der Waals surface area contributed by atoms with Crippen molar-refractivity contribution in [2.75, 3.05) is 29.6 Å². The summed E-state index contributed by atoms with van der Waals surface area (Å²) in [6.07, 6.45) is 3.44. The fourth-order valence-corrected chi connectivity index (χ4v) is 3.81. The molecule has 3 aromatic heterocycles. The molecule has 0 saturated heterocycles. The fraction of sp³-hybridized carbons (Fsp3) is 0.333. The number of hydrogen-bond donors (Lipinski definition) is 3. The summed E-state index contributed by atoms with van der Waals surface area (Å²) in [5.41, 5.74) is 4.23. The molecule has 11 heteroatoms. The maximum atomic E-state index is 12.4. The van der Waals surface area contributed by atoms with Gasteiger partial charge in [-0.3, -0.25) is 9.59 Å². The van der Waals surface area contributed by atoms with E-state index in [1.165, 1.54) is 7.05 Å². The van der Waals surface area contributed by atoms with Gasteiger partial charge in [-0.25, -0.2) is 9.67 Å². The number of pyridine rings is 1. The summed E-state index contributed by atoms with van der Waals surface area (Å²) in [6, 6.07) is 5.56. The van der Waals surface area contributed by atoms with Gasteiger partial charge in [0.25, 0.3) is 5.91 Å². The average Bonchev–Trinajstić information content (AvgIpc) is 3.56. The Morgan fingerprint density at radius 3 is 2.75 bits per heavy atom. The lowest BCUT2D eigenvalue weighted by molar-refractivity contribution is -0.117. The van der Waals surface area contributed by atoms with Gasteiger partial charge < -0.3 is 20.9 Å². The molecule has 0 spiro atoms. The van der Waals surface area contributed by atoms with Crippen molar-refractivity contribution >= 4 is 34.8 Å². The molecule has 3 N–H and O–H groups in total. The number of rotatable bonds is 5. The van der Waals surface area contributed by atoms with Gasteiger partial charge in [0.05, 0.1) is 29.3 Å². The average molecular weight is 433 g/mol. The molecule has 2 aliphatic rings. The number of aromatic nitrogens is 5. The zero-order chi connectivity index (χ0) is 22.4. The number of anilines is 4. The maximum Gasteiger partial charge on any atom is 0.273 e. The highest BCUT2D eigenvalue weighted by Crippen LogP contribution is 2.37. The lowest BCUT2D eigenvalue weighted by Crippen LogP contribution is -2.27. The van der Waals surface area contributed by atoms with Crippen LogP contribution in [0.15, 0.2) is 24.4 Å². The SMILES string of the molecule is CNC(=O)c1nnc(NC(=O)C2CC2)cc1Nc1nccc2c1N(C)Cc1cc(C)nn1-2. The summed E-state index contributed by atoms with van der Waals surface area (Å²) in [5.74, 6) is 0.356. The van der Waals surface area contributed by atoms with E-state index in [4.69, 9.17) is 0 Å². The van der Waals surface area contributed by atoms with E-state index < -0.39 is 5.91 Å². The second-order valence-corrected chi connectivity index (χ2v) is 8.03. The molecule has 32 heavy (non-hydrogen) atoms. The Morgan fingerprint density at radius 1 is 1.19 bits per heavy atom. The van der Waals surface area contributed by atoms with Gasteiger partial charge in [-0.05, 0) is 31.9 Å². The Bertz CT molecular complexity index is 1230. The van der Waals surface area contributed by atoms with Crippen LogP contribution in [0.1, 0.15) is 34.7 Å². The molecule has 0 atom stereocenters. The highest BCUT2D eigenvalue weighted by Gasteiger charge is 2.30. The zero-order valence-electron chi connectivity index (χ0n) is 18.0. The Morgan fingerprint density at radius 2 is 2.00 bits per heavy atom. The molecule has 2 amide bonds. The van der Waals surface area contributed by atoms with E-state index in [0.717, 1.165) is 35.6 Å². The van der Waals surface area contributed by atoms with Crippen molar-refractivity contribution in [2.24, 2.45) is 5.92 Å². The van der Waals surface area contributed by atoms with Gasteiger partial charge in [0.2, 0.25) is 5.91 Å². The van der Waals surface area contributed by atoms with Crippen LogP contribution in [0.2, 0.25) is 0 Å². The van der Waals surface area contributed by atoms with E-state index >= 15 is 0 Å². The highest BCUT2D eigenvalue weighted by molar-refractivity contribution is 6.00. The van der Waals surface area contributed by atoms with Gasteiger partial charge >= 0.3 is 0 Å². The normalized spacial score (nSPS) is 14.4. The lowest BCUT2D eigenvalue weighted by Gasteiger charge is -2.30. The monoisotopic (exact) mass is 433 g/mol. The van der Waals surface area contributed by atoms with Crippen LogP contribution in [0.25, 0.3) is 5.69 Å². The summed E-state index contributed by atoms with van der Waals surface area (Å²) >= 11 is 0. The zero-order valence-corrected chi connectivity index (χ0v) is 18.0. The minimum atomic E-state index is -0.400. The van der Waals surface area contributed by atoms with Crippen molar-refractivity contribution in [1.29, 1.82) is 0 Å². The van der Waals surface area contributed by atoms with Crippen molar-refractivity contribution < 1.29 is 9.59 Å². The molecule has 0 radical (unpaired) electrons. The first-order valence-corrected chi connectivity index (χ1v) is 10.4. The van der Waals surface area contributed by atoms with Crippen molar-refractivity contribution in [3.63, 3.8) is 0 Å². The number of nitrogens with one attached hydrogen (secondary N) is 3. The van der Waals surface area contributed by atoms with Gasteiger partial charge in [0.1, 0.15) is 5.69 Å². The van der Waals surface area contributed by atoms with Crippen LogP contribution < -0.4 is 20.9 Å². The Hall–Kier alpha value is -4.02. The molecule has 4 heterocycles. The van der Waals surface area contributed by atoms with Gasteiger partial charge in [-0.1, -0.05) is 0 Å². The van der Waals surface area contributed by atoms with E-state index in [-0.39, 0.29) is 23.3 Å². The van der Waals surface area contributed by atoms with Crippen molar-refractivity contribution in [1.82, 2.24) is 30.3 Å². The number of amides is 2. The standard InChI is InChI=1S/C21H23N9O2/c1-11-8-13-10-29(3)18-15(30(13)28-11)6-7-23-19(18)24-14-9-16(25-20(31)12-4-5-12)26-27-17(14)21(32)22-2/h6-9,12H,4-5,10H2,1-3H3,(H,22,32)(H2,23,24,25,26,31). The van der Waals surface area contributed by atoms with E-state index in [1.54, 1.807) is 12.3 Å². The van der Waals surface area contributed by atoms with Gasteiger partial charge in [0.15, 0.2) is 17.3 Å². The molecule has 0 unspecified atom stereocenters. The predicted octanol–water partition coefficient (Wildman–Crippen LogP) is 1.77. The molecule has 1 fully saturated rings. The second kappa shape index (κ2) is 7.59. The van der Waals surface area contributed by atoms with E-state index in [2.05, 4.69) is 47.2 Å². The van der Waals surface area contributed by atoms with Crippen LogP contribution in [0, 0.1) is 12.8 Å². The number of fused-ring (bicyclic) bond motifs is 3. The lowest BCUT2D eigenvalue weighted by atomic mass is 10.2. The summed E-state index contributed by atoms with van der Waals surface area (Å²) in [5, 5.41) is 21.2. The Balaban J connectivity index is 1.55. The van der Waals surface area contributed by atoms with Crippen molar-refractivity contribution in [3.05, 3.63) is 41.5 Å². The minimum absolute atomic E-state index is 0.0232. The molecule has 0 aromatic carbocycles. The fourth-order valence-electron chi connectivity index (χ4n) is 3.81. The largest absolute Gasteiger partial charge is 0.364 e. The molecule has 5 rings (SSSR count). The number of carbonyl (C=O) groups is 2. The van der Waals surface area contributed by atoms with Crippen LogP contribution in [0.4, 0.5) is 23.0 Å². The van der Waals surface area contributed by atoms with Crippen LogP contribution >= 0.6 is 0 Å². The molecule has 1 aliphatic carbocycles. The third-order valence-electron chi connectivity index (χ3n) is 5.51. The van der Waals surface area contributed by atoms with Crippen LogP contribution in [-0.2, 0) is 11.3 Å². The van der Waals surface area contributed by atoms with E-state index in [9.17, 15) is 9.59 Å². The highest BCUT2D eigenvalue weighted by atomic mass is 16.2. The van der Waals surface area contributed by atoms with Gasteiger partial charge in [-0.2, -0.15) is 5.10 Å². The Kier molecular flexibility index (Phi) is 4.72. The molecule has 1 saturated carbocycles. The summed E-state index contributed by atoms with van der Waals surface area (Å²) in [4.78, 5) is 31.2. The maximum absolute atomic E-state index is 12.4. The molecule has 0 bridgehead atoms. The first kappa shape index (κ1) is 19.9. The smallest absolute Gasteiger partial charge is 0.273 e. The molecule has 3 aromatic rings. The summed E-state index contributed by atoms with van der Waals surface area (Å²) < 4.78 is 1.91. The van der Waals surface area contributed by atoms with E-state index in [1.807, 2.05) is 24.7 Å². The molecular weight excluding hydrogens is 410 g/mol. The van der Waals surface area contributed by atoms with Gasteiger partial charge in [-0.15, -0.1) is 10.2 Å². The third-order valence-corrected chi connectivity index (χ3v) is 5.51. The second-order valence-electron chi connectivity index (χ2n) is 8.03. The minimum Gasteiger partial charge on any atom is -0.364 e. The summed E-state index contributed by atoms with van der Waals surface area (Å²) in [7, 11) is 3.50. The topological polar surface area (TPSA) is 130 Å². The molecule has 11 nitrogen and oxygen atoms in total. The van der Waals surface area contributed by atoms with Crippen LogP contribution in [-0.4, -0.2) is 50.9 Å². The van der Waals surface area contributed by atoms with Gasteiger partial charge in [0, 0.05) is 32.3 Å². The number of nitrogens with zero attached hydrogens (tertiary/aromatic N) is 6. The van der Waals surface area contributed by atoms with E-state index in [0.29, 0.717) is 18.1 Å². The summed E-state index contributed by atoms with van der Waals surface area (Å²) in [6.45, 7) is 2.62. The first-order valence-electron chi connectivity index (χ1n) is 10.4. The predicted molar refractivity (Wildman–Crippen MR) is 118 cm³/mol. The number of aryl methyl sites for hydroxylation is 1. The van der Waals surface area contributed by atoms with Crippen molar-refractivity contribution in [3.8, 4) is 5.69 Å². The van der Waals surface area contributed by atoms with Crippen LogP contribution in [0.3, 0.4) is 0 Å². The number of carbonyl (C=O) groups excluding carboxylic acids is 2. The number of hydrogen-bond acceptors (Lipinski definition) is 8. The van der Waals surface area contributed by atoms with Crippen molar-refractivity contribution in [2.45, 2.75) is 26.3 Å². The van der Waals surface area contributed by atoms with Crippen LogP contribution in [0.5, 0.6) is 0 Å². The molecular formula is C21H23N9O2. The first-order chi connectivity index (χ1) is 15.4.